The van der Waals surface area contributed by atoms with E-state index in [1.165, 1.54) is 18.4 Å². The fourth-order valence-corrected chi connectivity index (χ4v) is 3.37. The standard InChI is InChI=1S/C18H24N2O/c1-14-9-10-15(12-19)13-20(14)18(17-8-5-11-21-17)16-6-3-2-4-7-16/h2-8,11,14-15,18H,9-10,12-13,19H2,1H3. The lowest BCUT2D eigenvalue weighted by Gasteiger charge is -2.42. The molecule has 2 N–H and O–H groups in total. The normalized spacial score (nSPS) is 24.9. The van der Waals surface area contributed by atoms with E-state index < -0.39 is 0 Å². The molecule has 2 aromatic rings. The van der Waals surface area contributed by atoms with Crippen molar-refractivity contribution in [2.45, 2.75) is 31.8 Å². The van der Waals surface area contributed by atoms with Gasteiger partial charge in [0.1, 0.15) is 5.76 Å². The Morgan fingerprint density at radius 1 is 1.19 bits per heavy atom. The first-order chi connectivity index (χ1) is 10.3. The molecule has 21 heavy (non-hydrogen) atoms. The van der Waals surface area contributed by atoms with Crippen LogP contribution in [0.5, 0.6) is 0 Å². The molecule has 3 heteroatoms. The molecule has 0 saturated carbocycles. The summed E-state index contributed by atoms with van der Waals surface area (Å²) < 4.78 is 5.75. The maximum atomic E-state index is 5.92. The van der Waals surface area contributed by atoms with Gasteiger partial charge in [-0.1, -0.05) is 30.3 Å². The summed E-state index contributed by atoms with van der Waals surface area (Å²) in [5.41, 5.74) is 7.21. The highest BCUT2D eigenvalue weighted by molar-refractivity contribution is 5.27. The van der Waals surface area contributed by atoms with Crippen LogP contribution in [0.1, 0.15) is 37.1 Å². The predicted octanol–water partition coefficient (Wildman–Crippen LogP) is 3.43. The third-order valence-electron chi connectivity index (χ3n) is 4.62. The Bertz CT molecular complexity index is 538. The number of rotatable bonds is 4. The van der Waals surface area contributed by atoms with Crippen molar-refractivity contribution < 1.29 is 4.42 Å². The van der Waals surface area contributed by atoms with Crippen LogP contribution in [0.3, 0.4) is 0 Å². The van der Waals surface area contributed by atoms with Gasteiger partial charge in [0.15, 0.2) is 0 Å². The van der Waals surface area contributed by atoms with E-state index in [4.69, 9.17) is 10.2 Å². The third-order valence-corrected chi connectivity index (χ3v) is 4.62. The van der Waals surface area contributed by atoms with Crippen molar-refractivity contribution in [2.75, 3.05) is 13.1 Å². The van der Waals surface area contributed by atoms with Gasteiger partial charge in [-0.15, -0.1) is 0 Å². The fraction of sp³-hybridized carbons (Fsp3) is 0.444. The Hall–Kier alpha value is -1.58. The molecular formula is C18H24N2O. The summed E-state index contributed by atoms with van der Waals surface area (Å²) in [5.74, 6) is 1.60. The van der Waals surface area contributed by atoms with Crippen LogP contribution in [0.15, 0.2) is 53.1 Å². The van der Waals surface area contributed by atoms with Crippen molar-refractivity contribution in [3.05, 3.63) is 60.1 Å². The van der Waals surface area contributed by atoms with Crippen LogP contribution in [-0.2, 0) is 0 Å². The highest BCUT2D eigenvalue weighted by Gasteiger charge is 2.33. The minimum absolute atomic E-state index is 0.186. The van der Waals surface area contributed by atoms with E-state index in [0.29, 0.717) is 12.0 Å². The van der Waals surface area contributed by atoms with Gasteiger partial charge in [-0.25, -0.2) is 0 Å². The van der Waals surface area contributed by atoms with Gasteiger partial charge in [0.25, 0.3) is 0 Å². The first-order valence-corrected chi connectivity index (χ1v) is 7.83. The second-order valence-electron chi connectivity index (χ2n) is 6.05. The third kappa shape index (κ3) is 3.04. The molecule has 3 unspecified atom stereocenters. The van der Waals surface area contributed by atoms with Crippen LogP contribution in [-0.4, -0.2) is 24.0 Å². The molecule has 1 aliphatic heterocycles. The van der Waals surface area contributed by atoms with E-state index in [-0.39, 0.29) is 6.04 Å². The van der Waals surface area contributed by atoms with E-state index in [1.54, 1.807) is 6.26 Å². The van der Waals surface area contributed by atoms with Crippen molar-refractivity contribution in [3.63, 3.8) is 0 Å². The summed E-state index contributed by atoms with van der Waals surface area (Å²) in [6.07, 6.45) is 4.19. The van der Waals surface area contributed by atoms with Crippen LogP contribution in [0.25, 0.3) is 0 Å². The van der Waals surface area contributed by atoms with Crippen LogP contribution in [0.2, 0.25) is 0 Å². The largest absolute Gasteiger partial charge is 0.467 e. The van der Waals surface area contributed by atoms with Crippen molar-refractivity contribution in [1.82, 2.24) is 4.90 Å². The summed E-state index contributed by atoms with van der Waals surface area (Å²) >= 11 is 0. The van der Waals surface area contributed by atoms with Crippen molar-refractivity contribution in [2.24, 2.45) is 11.7 Å². The molecule has 1 aliphatic rings. The first kappa shape index (κ1) is 14.4. The second kappa shape index (κ2) is 6.46. The minimum atomic E-state index is 0.186. The fourth-order valence-electron chi connectivity index (χ4n) is 3.37. The molecule has 1 saturated heterocycles. The maximum Gasteiger partial charge on any atom is 0.125 e. The van der Waals surface area contributed by atoms with Crippen molar-refractivity contribution in [3.8, 4) is 0 Å². The lowest BCUT2D eigenvalue weighted by molar-refractivity contribution is 0.0805. The Morgan fingerprint density at radius 2 is 2.00 bits per heavy atom. The monoisotopic (exact) mass is 284 g/mol. The molecule has 3 rings (SSSR count). The Morgan fingerprint density at radius 3 is 2.67 bits per heavy atom. The molecule has 1 aromatic heterocycles. The van der Waals surface area contributed by atoms with E-state index in [2.05, 4.69) is 48.2 Å². The molecular weight excluding hydrogens is 260 g/mol. The van der Waals surface area contributed by atoms with Crippen LogP contribution in [0, 0.1) is 5.92 Å². The maximum absolute atomic E-state index is 5.92. The zero-order valence-electron chi connectivity index (χ0n) is 12.6. The van der Waals surface area contributed by atoms with E-state index in [1.807, 2.05) is 6.07 Å². The van der Waals surface area contributed by atoms with Gasteiger partial charge in [0.05, 0.1) is 12.3 Å². The molecule has 1 fully saturated rings. The average molecular weight is 284 g/mol. The van der Waals surface area contributed by atoms with Crippen molar-refractivity contribution in [1.29, 1.82) is 0 Å². The Balaban J connectivity index is 1.95. The van der Waals surface area contributed by atoms with Gasteiger partial charge in [-0.3, -0.25) is 4.90 Å². The minimum Gasteiger partial charge on any atom is -0.467 e. The van der Waals surface area contributed by atoms with E-state index in [0.717, 1.165) is 18.8 Å². The molecule has 0 spiro atoms. The smallest absolute Gasteiger partial charge is 0.125 e. The van der Waals surface area contributed by atoms with Gasteiger partial charge in [0, 0.05) is 12.6 Å². The molecule has 0 aliphatic carbocycles. The second-order valence-corrected chi connectivity index (χ2v) is 6.05. The number of hydrogen-bond donors (Lipinski definition) is 1. The van der Waals surface area contributed by atoms with E-state index in [9.17, 15) is 0 Å². The number of likely N-dealkylation sites (tertiary alicyclic amines) is 1. The molecule has 0 radical (unpaired) electrons. The van der Waals surface area contributed by atoms with Gasteiger partial charge in [-0.2, -0.15) is 0 Å². The summed E-state index contributed by atoms with van der Waals surface area (Å²) in [6.45, 7) is 4.12. The number of hydrogen-bond acceptors (Lipinski definition) is 3. The summed E-state index contributed by atoms with van der Waals surface area (Å²) in [5, 5.41) is 0. The zero-order valence-corrected chi connectivity index (χ0v) is 12.6. The molecule has 2 heterocycles. The molecule has 1 aromatic carbocycles. The van der Waals surface area contributed by atoms with Gasteiger partial charge < -0.3 is 10.2 Å². The van der Waals surface area contributed by atoms with Gasteiger partial charge in [0.2, 0.25) is 0 Å². The zero-order chi connectivity index (χ0) is 14.7. The number of piperidine rings is 1. The summed E-state index contributed by atoms with van der Waals surface area (Å²) in [4.78, 5) is 2.55. The summed E-state index contributed by atoms with van der Waals surface area (Å²) in [6, 6.07) is 15.4. The molecule has 3 atom stereocenters. The van der Waals surface area contributed by atoms with E-state index >= 15 is 0 Å². The lowest BCUT2D eigenvalue weighted by atomic mass is 9.90. The highest BCUT2D eigenvalue weighted by Crippen LogP contribution is 2.35. The van der Waals surface area contributed by atoms with Crippen molar-refractivity contribution >= 4 is 0 Å². The SMILES string of the molecule is CC1CCC(CN)CN1C(c1ccccc1)c1ccco1. The highest BCUT2D eigenvalue weighted by atomic mass is 16.3. The number of nitrogens with zero attached hydrogens (tertiary/aromatic N) is 1. The predicted molar refractivity (Wildman–Crippen MR) is 84.9 cm³/mol. The van der Waals surface area contributed by atoms with Gasteiger partial charge in [-0.05, 0) is 49.9 Å². The molecule has 0 bridgehead atoms. The topological polar surface area (TPSA) is 42.4 Å². The number of nitrogens with two attached hydrogens (primary N) is 1. The van der Waals surface area contributed by atoms with Gasteiger partial charge >= 0.3 is 0 Å². The quantitative estimate of drug-likeness (QED) is 0.935. The summed E-state index contributed by atoms with van der Waals surface area (Å²) in [7, 11) is 0. The first-order valence-electron chi connectivity index (χ1n) is 7.83. The van der Waals surface area contributed by atoms with Crippen LogP contribution < -0.4 is 5.73 Å². The molecule has 0 amide bonds. The lowest BCUT2D eigenvalue weighted by Crippen LogP contribution is -2.45. The molecule has 112 valence electrons. The Kier molecular flexibility index (Phi) is 4.42. The molecule has 3 nitrogen and oxygen atoms in total. The number of benzene rings is 1. The number of furan rings is 1. The average Bonchev–Trinajstić information content (AvgIpc) is 3.04. The Labute approximate surface area is 126 Å². The van der Waals surface area contributed by atoms with Crippen LogP contribution in [0.4, 0.5) is 0 Å². The van der Waals surface area contributed by atoms with Crippen LogP contribution >= 0.6 is 0 Å².